The van der Waals surface area contributed by atoms with Gasteiger partial charge in [-0.1, -0.05) is 6.07 Å². The summed E-state index contributed by atoms with van der Waals surface area (Å²) in [5.74, 6) is -1.54. The Balaban J connectivity index is 1.38. The summed E-state index contributed by atoms with van der Waals surface area (Å²) in [5, 5.41) is 2.60. The highest BCUT2D eigenvalue weighted by molar-refractivity contribution is 5.94. The van der Waals surface area contributed by atoms with E-state index in [-0.39, 0.29) is 0 Å². The quantitative estimate of drug-likeness (QED) is 0.740. The molecule has 0 saturated carbocycles. The predicted octanol–water partition coefficient (Wildman–Crippen LogP) is 2.92. The number of hydrogen-bond donors (Lipinski definition) is 1. The van der Waals surface area contributed by atoms with Gasteiger partial charge in [0.1, 0.15) is 22.9 Å². The third-order valence-corrected chi connectivity index (χ3v) is 4.94. The Labute approximate surface area is 163 Å². The van der Waals surface area contributed by atoms with E-state index >= 15 is 0 Å². The first-order chi connectivity index (χ1) is 13.6. The Morgan fingerprint density at radius 1 is 1.04 bits per heavy atom. The highest BCUT2D eigenvalue weighted by Gasteiger charge is 2.18. The number of ether oxygens (including phenoxy) is 1. The van der Waals surface area contributed by atoms with E-state index in [0.29, 0.717) is 6.54 Å². The third kappa shape index (κ3) is 4.98. The van der Waals surface area contributed by atoms with Gasteiger partial charge in [-0.15, -0.1) is 0 Å². The maximum absolute atomic E-state index is 13.6. The molecule has 5 nitrogen and oxygen atoms in total. The molecule has 3 rings (SSSR count). The summed E-state index contributed by atoms with van der Waals surface area (Å²) < 4.78 is 32.4. The molecule has 7 heteroatoms. The molecule has 0 aromatic heterocycles. The van der Waals surface area contributed by atoms with Crippen molar-refractivity contribution in [1.82, 2.24) is 10.2 Å². The lowest BCUT2D eigenvalue weighted by atomic mass is 10.2. The van der Waals surface area contributed by atoms with Crippen LogP contribution < -0.4 is 15.0 Å². The van der Waals surface area contributed by atoms with Crippen molar-refractivity contribution >= 4 is 11.6 Å². The normalized spacial score (nSPS) is 14.8. The molecule has 0 aliphatic carbocycles. The van der Waals surface area contributed by atoms with Crippen molar-refractivity contribution in [3.05, 3.63) is 59.7 Å². The molecule has 150 valence electrons. The number of carbonyl (C=O) groups excluding carboxylic acids is 1. The van der Waals surface area contributed by atoms with Crippen LogP contribution in [0.2, 0.25) is 0 Å². The molecule has 2 aromatic carbocycles. The summed E-state index contributed by atoms with van der Waals surface area (Å²) in [6.45, 7) is 4.93. The Morgan fingerprint density at radius 3 is 2.29 bits per heavy atom. The first kappa shape index (κ1) is 20.1. The molecule has 0 unspecified atom stereocenters. The van der Waals surface area contributed by atoms with Crippen LogP contribution in [0.3, 0.4) is 0 Å². The molecule has 1 amide bonds. The lowest BCUT2D eigenvalue weighted by Crippen LogP contribution is -2.47. The average Bonchev–Trinajstić information content (AvgIpc) is 2.72. The number of amides is 1. The van der Waals surface area contributed by atoms with Crippen molar-refractivity contribution in [2.45, 2.75) is 6.42 Å². The summed E-state index contributed by atoms with van der Waals surface area (Å²) in [5.41, 5.74) is 0.662. The van der Waals surface area contributed by atoms with Gasteiger partial charge in [0.05, 0.1) is 7.11 Å². The van der Waals surface area contributed by atoms with Gasteiger partial charge in [-0.2, -0.15) is 0 Å². The fourth-order valence-corrected chi connectivity index (χ4v) is 3.33. The molecule has 1 N–H and O–H groups in total. The first-order valence-electron chi connectivity index (χ1n) is 9.42. The first-order valence-corrected chi connectivity index (χ1v) is 9.42. The number of rotatable bonds is 7. The number of carbonyl (C=O) groups is 1. The Hall–Kier alpha value is -2.67. The molecule has 1 aliphatic heterocycles. The molecule has 1 aliphatic rings. The second-order valence-corrected chi connectivity index (χ2v) is 6.73. The van der Waals surface area contributed by atoms with Gasteiger partial charge >= 0.3 is 0 Å². The fraction of sp³-hybridized carbons (Fsp3) is 0.381. The molecule has 0 radical (unpaired) electrons. The molecular formula is C21H25F2N3O2. The van der Waals surface area contributed by atoms with Gasteiger partial charge in [0.15, 0.2) is 0 Å². The SMILES string of the molecule is COc1ccc(N2CCN(CCCNC(=O)c3c(F)cccc3F)CC2)cc1. The smallest absolute Gasteiger partial charge is 0.257 e. The van der Waals surface area contributed by atoms with Crippen LogP contribution in [0.25, 0.3) is 0 Å². The number of nitrogens with one attached hydrogen (secondary N) is 1. The van der Waals surface area contributed by atoms with Gasteiger partial charge in [-0.05, 0) is 49.4 Å². The Kier molecular flexibility index (Phi) is 6.81. The van der Waals surface area contributed by atoms with Crippen molar-refractivity contribution in [3.63, 3.8) is 0 Å². The second-order valence-electron chi connectivity index (χ2n) is 6.73. The average molecular weight is 389 g/mol. The highest BCUT2D eigenvalue weighted by atomic mass is 19.1. The van der Waals surface area contributed by atoms with Gasteiger partial charge in [-0.25, -0.2) is 8.78 Å². The van der Waals surface area contributed by atoms with Crippen LogP contribution in [0.5, 0.6) is 5.75 Å². The van der Waals surface area contributed by atoms with Crippen LogP contribution in [0.4, 0.5) is 14.5 Å². The number of hydrogen-bond acceptors (Lipinski definition) is 4. The number of benzene rings is 2. The van der Waals surface area contributed by atoms with E-state index < -0.39 is 23.1 Å². The molecule has 0 atom stereocenters. The number of anilines is 1. The monoisotopic (exact) mass is 389 g/mol. The van der Waals surface area contributed by atoms with E-state index in [1.165, 1.54) is 11.8 Å². The van der Waals surface area contributed by atoms with Crippen molar-refractivity contribution in [3.8, 4) is 5.75 Å². The van der Waals surface area contributed by atoms with E-state index in [1.807, 2.05) is 12.1 Å². The number of nitrogens with zero attached hydrogens (tertiary/aromatic N) is 2. The van der Waals surface area contributed by atoms with E-state index in [9.17, 15) is 13.6 Å². The molecule has 2 aromatic rings. The Morgan fingerprint density at radius 2 is 1.68 bits per heavy atom. The summed E-state index contributed by atoms with van der Waals surface area (Å²) in [7, 11) is 1.66. The van der Waals surface area contributed by atoms with E-state index in [0.717, 1.165) is 57.0 Å². The predicted molar refractivity (Wildman–Crippen MR) is 105 cm³/mol. The van der Waals surface area contributed by atoms with Crippen LogP contribution >= 0.6 is 0 Å². The van der Waals surface area contributed by atoms with Gasteiger partial charge in [0, 0.05) is 38.4 Å². The van der Waals surface area contributed by atoms with Crippen LogP contribution in [0.15, 0.2) is 42.5 Å². The van der Waals surface area contributed by atoms with Crippen LogP contribution in [0, 0.1) is 11.6 Å². The largest absolute Gasteiger partial charge is 0.497 e. The molecule has 0 bridgehead atoms. The fourth-order valence-electron chi connectivity index (χ4n) is 3.33. The molecule has 1 heterocycles. The lowest BCUT2D eigenvalue weighted by Gasteiger charge is -2.36. The maximum Gasteiger partial charge on any atom is 0.257 e. The van der Waals surface area contributed by atoms with E-state index in [2.05, 4.69) is 27.2 Å². The zero-order valence-electron chi connectivity index (χ0n) is 16.0. The van der Waals surface area contributed by atoms with Crippen molar-refractivity contribution in [2.24, 2.45) is 0 Å². The van der Waals surface area contributed by atoms with Crippen LogP contribution in [-0.4, -0.2) is 57.2 Å². The second kappa shape index (κ2) is 9.50. The molecule has 1 saturated heterocycles. The van der Waals surface area contributed by atoms with E-state index in [1.54, 1.807) is 7.11 Å². The number of piperazine rings is 1. The van der Waals surface area contributed by atoms with Crippen LogP contribution in [-0.2, 0) is 0 Å². The highest BCUT2D eigenvalue weighted by Crippen LogP contribution is 2.20. The van der Waals surface area contributed by atoms with Crippen molar-refractivity contribution < 1.29 is 18.3 Å². The topological polar surface area (TPSA) is 44.8 Å². The zero-order chi connectivity index (χ0) is 19.9. The minimum atomic E-state index is -0.841. The minimum absolute atomic E-state index is 0.380. The number of methoxy groups -OCH3 is 1. The van der Waals surface area contributed by atoms with Crippen LogP contribution in [0.1, 0.15) is 16.8 Å². The van der Waals surface area contributed by atoms with Gasteiger partial charge in [0.2, 0.25) is 0 Å². The molecule has 0 spiro atoms. The summed E-state index contributed by atoms with van der Waals surface area (Å²) in [4.78, 5) is 16.6. The Bertz CT molecular complexity index is 770. The molecule has 1 fully saturated rings. The summed E-state index contributed by atoms with van der Waals surface area (Å²) >= 11 is 0. The van der Waals surface area contributed by atoms with Crippen molar-refractivity contribution in [2.75, 3.05) is 51.3 Å². The van der Waals surface area contributed by atoms with Gasteiger partial charge < -0.3 is 15.0 Å². The van der Waals surface area contributed by atoms with Gasteiger partial charge in [-0.3, -0.25) is 9.69 Å². The standard InChI is InChI=1S/C21H25F2N3O2/c1-28-17-8-6-16(7-9-17)26-14-12-25(13-15-26)11-3-10-24-21(27)20-18(22)4-2-5-19(20)23/h2,4-9H,3,10-15H2,1H3,(H,24,27). The molecule has 28 heavy (non-hydrogen) atoms. The van der Waals surface area contributed by atoms with Gasteiger partial charge in [0.25, 0.3) is 5.91 Å². The molecular weight excluding hydrogens is 364 g/mol. The lowest BCUT2D eigenvalue weighted by molar-refractivity contribution is 0.0943. The maximum atomic E-state index is 13.6. The third-order valence-electron chi connectivity index (χ3n) is 4.94. The summed E-state index contributed by atoms with van der Waals surface area (Å²) in [6.07, 6.45) is 0.727. The van der Waals surface area contributed by atoms with Crippen molar-refractivity contribution in [1.29, 1.82) is 0 Å². The minimum Gasteiger partial charge on any atom is -0.497 e. The number of halogens is 2. The summed E-state index contributed by atoms with van der Waals surface area (Å²) in [6, 6.07) is 11.5. The van der Waals surface area contributed by atoms with E-state index in [4.69, 9.17) is 4.74 Å². The zero-order valence-corrected chi connectivity index (χ0v) is 16.0.